The molecule has 4 amide bonds. The van der Waals surface area contributed by atoms with Crippen LogP contribution in [0, 0.1) is 0 Å². The molecule has 0 aliphatic rings. The molecule has 2 aromatic carbocycles. The van der Waals surface area contributed by atoms with Gasteiger partial charge in [0, 0.05) is 13.5 Å². The van der Waals surface area contributed by atoms with Crippen LogP contribution in [-0.4, -0.2) is 83.5 Å². The topological polar surface area (TPSA) is 175 Å². The Hall–Kier alpha value is -3.68. The smallest absolute Gasteiger partial charge is 0.243 e. The largest absolute Gasteiger partial charge is 0.508 e. The lowest BCUT2D eigenvalue weighted by molar-refractivity contribution is -0.131. The molecule has 0 saturated carbocycles. The summed E-state index contributed by atoms with van der Waals surface area (Å²) in [4.78, 5) is 51.6. The van der Waals surface area contributed by atoms with Crippen molar-refractivity contribution in [3.05, 3.63) is 65.7 Å². The lowest BCUT2D eigenvalue weighted by Crippen LogP contribution is -2.56. The van der Waals surface area contributed by atoms with Gasteiger partial charge in [0.1, 0.15) is 17.8 Å². The van der Waals surface area contributed by atoms with Crippen LogP contribution >= 0.6 is 24.0 Å². The van der Waals surface area contributed by atoms with Gasteiger partial charge in [-0.25, -0.2) is 0 Å². The number of nitrogens with one attached hydrogen (secondary N) is 5. The third-order valence-corrected chi connectivity index (χ3v) is 7.46. The molecule has 2 rings (SSSR count). The molecule has 0 spiro atoms. The Labute approximate surface area is 256 Å². The van der Waals surface area contributed by atoms with E-state index in [0.717, 1.165) is 16.9 Å². The van der Waals surface area contributed by atoms with Crippen LogP contribution in [0.2, 0.25) is 0 Å². The van der Waals surface area contributed by atoms with Crippen molar-refractivity contribution in [3.8, 4) is 5.75 Å². The van der Waals surface area contributed by atoms with Gasteiger partial charge in [-0.1, -0.05) is 54.7 Å². The molecule has 0 aliphatic carbocycles. The standard InChI is InChI=1S/C29H40N6O5S2/c1-18(33-27(39)22(30)15-20-9-11-21(36)12-10-20)26(38)32-17-25(37)34-24(16-19-7-5-4-6-8-19)28(40)35-23(13-14-42-3)29(41)31-2/h4-12,18,22-24,36H,13-17,30H2,1-3H3,(H,31,41)(H,32,38)(H,33,39)(H,34,37)(H,35,40). The summed E-state index contributed by atoms with van der Waals surface area (Å²) in [6.07, 6.45) is 3.04. The van der Waals surface area contributed by atoms with E-state index in [-0.39, 0.29) is 18.6 Å². The van der Waals surface area contributed by atoms with Gasteiger partial charge in [0.25, 0.3) is 0 Å². The molecule has 0 radical (unpaired) electrons. The Morgan fingerprint density at radius 1 is 0.881 bits per heavy atom. The fourth-order valence-corrected chi connectivity index (χ4v) is 4.59. The first-order chi connectivity index (χ1) is 20.0. The number of phenolic OH excluding ortho intramolecular Hbond substituents is 1. The summed E-state index contributed by atoms with van der Waals surface area (Å²) < 4.78 is 0. The molecule has 11 nitrogen and oxygen atoms in total. The van der Waals surface area contributed by atoms with Gasteiger partial charge in [-0.05, 0) is 55.0 Å². The Bertz CT molecular complexity index is 1200. The number of nitrogens with two attached hydrogens (primary N) is 1. The highest BCUT2D eigenvalue weighted by atomic mass is 32.2. The van der Waals surface area contributed by atoms with Crippen LogP contribution in [0.15, 0.2) is 54.6 Å². The van der Waals surface area contributed by atoms with Crippen LogP contribution < -0.4 is 32.3 Å². The van der Waals surface area contributed by atoms with Crippen molar-refractivity contribution in [2.45, 2.75) is 50.4 Å². The van der Waals surface area contributed by atoms with Crippen molar-refractivity contribution >= 4 is 52.6 Å². The molecular weight excluding hydrogens is 576 g/mol. The quantitative estimate of drug-likeness (QED) is 0.132. The highest BCUT2D eigenvalue weighted by molar-refractivity contribution is 7.98. The zero-order chi connectivity index (χ0) is 31.1. The second kappa shape index (κ2) is 18.0. The molecule has 4 unspecified atom stereocenters. The lowest BCUT2D eigenvalue weighted by atomic mass is 10.0. The van der Waals surface area contributed by atoms with E-state index in [4.69, 9.17) is 18.0 Å². The number of thioether (sulfide) groups is 1. The Kier molecular flexibility index (Phi) is 14.8. The Morgan fingerprint density at radius 2 is 1.52 bits per heavy atom. The van der Waals surface area contributed by atoms with Crippen LogP contribution in [-0.2, 0) is 32.0 Å². The van der Waals surface area contributed by atoms with Crippen LogP contribution in [0.5, 0.6) is 5.75 Å². The van der Waals surface area contributed by atoms with Crippen LogP contribution in [0.25, 0.3) is 0 Å². The summed E-state index contributed by atoms with van der Waals surface area (Å²) in [6.45, 7) is 1.07. The number of phenols is 1. The molecular formula is C29H40N6O5S2. The molecule has 8 N–H and O–H groups in total. The molecule has 0 saturated heterocycles. The first kappa shape index (κ1) is 34.5. The van der Waals surface area contributed by atoms with Crippen molar-refractivity contribution in [1.82, 2.24) is 26.6 Å². The SMILES string of the molecule is CNC(=S)C(CCSC)NC(=O)C(Cc1ccccc1)NC(=O)CNC(=O)C(C)NC(=O)C(N)Cc1ccc(O)cc1. The van der Waals surface area contributed by atoms with Crippen molar-refractivity contribution in [1.29, 1.82) is 0 Å². The van der Waals surface area contributed by atoms with E-state index in [1.54, 1.807) is 30.9 Å². The van der Waals surface area contributed by atoms with Crippen molar-refractivity contribution in [2.24, 2.45) is 5.73 Å². The minimum Gasteiger partial charge on any atom is -0.508 e. The monoisotopic (exact) mass is 616 g/mol. The Morgan fingerprint density at radius 3 is 2.14 bits per heavy atom. The van der Waals surface area contributed by atoms with Crippen molar-refractivity contribution in [2.75, 3.05) is 25.6 Å². The van der Waals surface area contributed by atoms with E-state index in [9.17, 15) is 24.3 Å². The second-order valence-corrected chi connectivity index (χ2v) is 11.1. The van der Waals surface area contributed by atoms with E-state index < -0.39 is 54.3 Å². The van der Waals surface area contributed by atoms with E-state index in [0.29, 0.717) is 11.4 Å². The maximum absolute atomic E-state index is 13.3. The van der Waals surface area contributed by atoms with E-state index >= 15 is 0 Å². The van der Waals surface area contributed by atoms with Crippen LogP contribution in [0.3, 0.4) is 0 Å². The third kappa shape index (κ3) is 12.0. The molecule has 42 heavy (non-hydrogen) atoms. The zero-order valence-corrected chi connectivity index (χ0v) is 25.6. The van der Waals surface area contributed by atoms with E-state index in [2.05, 4.69) is 26.6 Å². The fraction of sp³-hybridized carbons (Fsp3) is 0.414. The maximum Gasteiger partial charge on any atom is 0.243 e. The number of carbonyl (C=O) groups excluding carboxylic acids is 4. The molecule has 2 aromatic rings. The molecule has 0 fully saturated rings. The predicted octanol–water partition coefficient (Wildman–Crippen LogP) is 0.395. The number of aromatic hydroxyl groups is 1. The summed E-state index contributed by atoms with van der Waals surface area (Å²) in [6, 6.07) is 12.4. The van der Waals surface area contributed by atoms with E-state index in [1.165, 1.54) is 19.1 Å². The summed E-state index contributed by atoms with van der Waals surface area (Å²) in [5, 5.41) is 23.0. The molecule has 13 heteroatoms. The minimum atomic E-state index is -0.959. The highest BCUT2D eigenvalue weighted by Gasteiger charge is 2.26. The molecule has 4 atom stereocenters. The van der Waals surface area contributed by atoms with Gasteiger partial charge in [-0.3, -0.25) is 19.2 Å². The summed E-state index contributed by atoms with van der Waals surface area (Å²) in [7, 11) is 1.69. The average Bonchev–Trinajstić information content (AvgIpc) is 2.98. The highest BCUT2D eigenvalue weighted by Crippen LogP contribution is 2.11. The number of hydrogen-bond acceptors (Lipinski definition) is 8. The third-order valence-electron chi connectivity index (χ3n) is 6.33. The van der Waals surface area contributed by atoms with Gasteiger partial charge < -0.3 is 37.4 Å². The fourth-order valence-electron chi connectivity index (χ4n) is 3.94. The van der Waals surface area contributed by atoms with Crippen molar-refractivity contribution in [3.63, 3.8) is 0 Å². The van der Waals surface area contributed by atoms with Gasteiger partial charge in [-0.15, -0.1) is 0 Å². The minimum absolute atomic E-state index is 0.103. The van der Waals surface area contributed by atoms with Gasteiger partial charge in [-0.2, -0.15) is 11.8 Å². The van der Waals surface area contributed by atoms with Gasteiger partial charge in [0.15, 0.2) is 0 Å². The first-order valence-corrected chi connectivity index (χ1v) is 15.3. The molecule has 228 valence electrons. The van der Waals surface area contributed by atoms with Crippen LogP contribution in [0.1, 0.15) is 24.5 Å². The van der Waals surface area contributed by atoms with Crippen molar-refractivity contribution < 1.29 is 24.3 Å². The number of amides is 4. The average molecular weight is 617 g/mol. The first-order valence-electron chi connectivity index (χ1n) is 13.5. The number of thiocarbonyl (C=S) groups is 1. The second-order valence-electron chi connectivity index (χ2n) is 9.69. The molecule has 0 heterocycles. The number of benzene rings is 2. The number of rotatable bonds is 16. The number of likely N-dealkylation sites (N-methyl/N-ethyl adjacent to an activating group) is 1. The summed E-state index contributed by atoms with van der Waals surface area (Å²) in [5.41, 5.74) is 7.57. The summed E-state index contributed by atoms with van der Waals surface area (Å²) >= 11 is 7.01. The van der Waals surface area contributed by atoms with Gasteiger partial charge >= 0.3 is 0 Å². The number of hydrogen-bond donors (Lipinski definition) is 7. The normalized spacial score (nSPS) is 13.5. The number of carbonyl (C=O) groups is 4. The molecule has 0 aromatic heterocycles. The predicted molar refractivity (Wildman–Crippen MR) is 169 cm³/mol. The lowest BCUT2D eigenvalue weighted by Gasteiger charge is -2.24. The zero-order valence-electron chi connectivity index (χ0n) is 24.0. The van der Waals surface area contributed by atoms with Crippen LogP contribution in [0.4, 0.5) is 0 Å². The van der Waals surface area contributed by atoms with Gasteiger partial charge in [0.05, 0.1) is 23.6 Å². The maximum atomic E-state index is 13.3. The van der Waals surface area contributed by atoms with E-state index in [1.807, 2.05) is 36.6 Å². The molecule has 0 aliphatic heterocycles. The Balaban J connectivity index is 1.95. The molecule has 0 bridgehead atoms. The summed E-state index contributed by atoms with van der Waals surface area (Å²) in [5.74, 6) is -1.21. The van der Waals surface area contributed by atoms with Gasteiger partial charge in [0.2, 0.25) is 23.6 Å².